The standard InChI is InChI=1S/C9H17N2O5P/c1-3-16-17(14,15)6-11-5-4-8(9(11)13)10-7(2)12/h8H,3-6H2,1-2H3,(H,10,12)(H,14,15). The van der Waals surface area contributed by atoms with E-state index in [1.54, 1.807) is 6.92 Å². The average Bonchev–Trinajstić information content (AvgIpc) is 2.48. The van der Waals surface area contributed by atoms with Crippen molar-refractivity contribution in [2.75, 3.05) is 19.4 Å². The normalized spacial score (nSPS) is 23.6. The molecule has 1 aliphatic heterocycles. The van der Waals surface area contributed by atoms with Crippen LogP contribution in [-0.4, -0.2) is 47.1 Å². The predicted molar refractivity (Wildman–Crippen MR) is 60.3 cm³/mol. The van der Waals surface area contributed by atoms with Gasteiger partial charge in [0.2, 0.25) is 11.8 Å². The Morgan fingerprint density at radius 2 is 2.35 bits per heavy atom. The van der Waals surface area contributed by atoms with Gasteiger partial charge >= 0.3 is 7.60 Å². The zero-order chi connectivity index (χ0) is 13.1. The van der Waals surface area contributed by atoms with Crippen LogP contribution >= 0.6 is 7.60 Å². The quantitative estimate of drug-likeness (QED) is 0.676. The minimum Gasteiger partial charge on any atom is -0.344 e. The molecule has 0 spiro atoms. The number of carbonyl (C=O) groups excluding carboxylic acids is 2. The van der Waals surface area contributed by atoms with Gasteiger partial charge in [0, 0.05) is 13.5 Å². The van der Waals surface area contributed by atoms with Crippen LogP contribution in [0.5, 0.6) is 0 Å². The summed E-state index contributed by atoms with van der Waals surface area (Å²) in [5, 5.41) is 2.50. The van der Waals surface area contributed by atoms with E-state index < -0.39 is 13.6 Å². The van der Waals surface area contributed by atoms with Crippen LogP contribution < -0.4 is 5.32 Å². The maximum absolute atomic E-state index is 11.7. The number of nitrogens with zero attached hydrogens (tertiary/aromatic N) is 1. The zero-order valence-corrected chi connectivity index (χ0v) is 10.8. The third kappa shape index (κ3) is 4.11. The Kier molecular flexibility index (Phi) is 4.68. The van der Waals surface area contributed by atoms with Gasteiger partial charge in [0.05, 0.1) is 6.61 Å². The van der Waals surface area contributed by atoms with Crippen molar-refractivity contribution < 1.29 is 23.6 Å². The second kappa shape index (κ2) is 5.62. The molecular weight excluding hydrogens is 247 g/mol. The van der Waals surface area contributed by atoms with Gasteiger partial charge in [0.15, 0.2) is 0 Å². The SMILES string of the molecule is CCOP(=O)(O)CN1CCC(NC(C)=O)C1=O. The summed E-state index contributed by atoms with van der Waals surface area (Å²) in [5.41, 5.74) is 0. The molecule has 1 rings (SSSR count). The number of carbonyl (C=O) groups is 2. The van der Waals surface area contributed by atoms with Crippen LogP contribution in [0.4, 0.5) is 0 Å². The van der Waals surface area contributed by atoms with Crippen LogP contribution in [0.3, 0.4) is 0 Å². The highest BCUT2D eigenvalue weighted by Gasteiger charge is 2.36. The van der Waals surface area contributed by atoms with Crippen molar-refractivity contribution in [1.29, 1.82) is 0 Å². The van der Waals surface area contributed by atoms with Gasteiger partial charge in [0.1, 0.15) is 12.3 Å². The fourth-order valence-electron chi connectivity index (χ4n) is 1.72. The number of hydrogen-bond acceptors (Lipinski definition) is 4. The van der Waals surface area contributed by atoms with E-state index in [1.165, 1.54) is 11.8 Å². The number of hydrogen-bond donors (Lipinski definition) is 2. The molecule has 0 aromatic carbocycles. The van der Waals surface area contributed by atoms with E-state index in [9.17, 15) is 19.0 Å². The van der Waals surface area contributed by atoms with E-state index in [-0.39, 0.29) is 24.7 Å². The molecule has 98 valence electrons. The fourth-order valence-corrected chi connectivity index (χ4v) is 2.91. The van der Waals surface area contributed by atoms with E-state index in [1.807, 2.05) is 0 Å². The summed E-state index contributed by atoms with van der Waals surface area (Å²) in [6.45, 7) is 3.40. The van der Waals surface area contributed by atoms with Crippen LogP contribution in [0.25, 0.3) is 0 Å². The first-order valence-electron chi connectivity index (χ1n) is 5.38. The van der Waals surface area contributed by atoms with Gasteiger partial charge < -0.3 is 19.6 Å². The lowest BCUT2D eigenvalue weighted by atomic mass is 10.2. The molecule has 7 nitrogen and oxygen atoms in total. The summed E-state index contributed by atoms with van der Waals surface area (Å²) in [7, 11) is -3.75. The molecule has 1 aliphatic rings. The van der Waals surface area contributed by atoms with Gasteiger partial charge in [-0.15, -0.1) is 0 Å². The summed E-state index contributed by atoms with van der Waals surface area (Å²) >= 11 is 0. The highest BCUT2D eigenvalue weighted by Crippen LogP contribution is 2.42. The maximum atomic E-state index is 11.7. The Morgan fingerprint density at radius 3 is 2.88 bits per heavy atom. The molecule has 0 aromatic heterocycles. The summed E-state index contributed by atoms with van der Waals surface area (Å²) in [4.78, 5) is 33.2. The minimum atomic E-state index is -3.75. The molecule has 0 aromatic rings. The molecule has 17 heavy (non-hydrogen) atoms. The Bertz CT molecular complexity index is 359. The molecule has 2 N–H and O–H groups in total. The summed E-state index contributed by atoms with van der Waals surface area (Å²) in [5.74, 6) is -0.628. The van der Waals surface area contributed by atoms with Gasteiger partial charge in [0.25, 0.3) is 0 Å². The molecule has 2 amide bonds. The van der Waals surface area contributed by atoms with Crippen LogP contribution in [0.2, 0.25) is 0 Å². The lowest BCUT2D eigenvalue weighted by molar-refractivity contribution is -0.131. The highest BCUT2D eigenvalue weighted by atomic mass is 31.2. The largest absolute Gasteiger partial charge is 0.347 e. The first kappa shape index (κ1) is 14.2. The highest BCUT2D eigenvalue weighted by molar-refractivity contribution is 7.52. The monoisotopic (exact) mass is 264 g/mol. The van der Waals surface area contributed by atoms with Crippen molar-refractivity contribution >= 4 is 19.4 Å². The van der Waals surface area contributed by atoms with Crippen LogP contribution in [-0.2, 0) is 18.7 Å². The number of nitrogens with one attached hydrogen (secondary N) is 1. The van der Waals surface area contributed by atoms with Crippen LogP contribution in [0.1, 0.15) is 20.3 Å². The molecule has 8 heteroatoms. The first-order valence-corrected chi connectivity index (χ1v) is 7.14. The summed E-state index contributed by atoms with van der Waals surface area (Å²) in [6.07, 6.45) is 0.125. The third-order valence-corrected chi connectivity index (χ3v) is 3.72. The molecule has 2 atom stereocenters. The molecule has 1 heterocycles. The molecule has 0 saturated carbocycles. The molecular formula is C9H17N2O5P. The second-order valence-electron chi connectivity index (χ2n) is 3.84. The van der Waals surface area contributed by atoms with E-state index in [2.05, 4.69) is 9.84 Å². The summed E-state index contributed by atoms with van der Waals surface area (Å²) in [6, 6.07) is -0.589. The zero-order valence-electron chi connectivity index (χ0n) is 9.88. The fraction of sp³-hybridized carbons (Fsp3) is 0.778. The minimum absolute atomic E-state index is 0.116. The van der Waals surface area contributed by atoms with Crippen molar-refractivity contribution in [1.82, 2.24) is 10.2 Å². The van der Waals surface area contributed by atoms with Crippen molar-refractivity contribution in [2.45, 2.75) is 26.3 Å². The number of amides is 2. The van der Waals surface area contributed by atoms with Gasteiger partial charge in [-0.1, -0.05) is 0 Å². The summed E-state index contributed by atoms with van der Waals surface area (Å²) < 4.78 is 16.2. The molecule has 1 saturated heterocycles. The van der Waals surface area contributed by atoms with Gasteiger partial charge in [-0.3, -0.25) is 14.2 Å². The Morgan fingerprint density at radius 1 is 1.71 bits per heavy atom. The van der Waals surface area contributed by atoms with Crippen LogP contribution in [0.15, 0.2) is 0 Å². The maximum Gasteiger partial charge on any atom is 0.347 e. The second-order valence-corrected chi connectivity index (χ2v) is 5.66. The van der Waals surface area contributed by atoms with E-state index in [0.717, 1.165) is 0 Å². The van der Waals surface area contributed by atoms with Crippen molar-refractivity contribution in [2.24, 2.45) is 0 Å². The van der Waals surface area contributed by atoms with Crippen molar-refractivity contribution in [3.8, 4) is 0 Å². The molecule has 0 radical (unpaired) electrons. The van der Waals surface area contributed by atoms with Crippen molar-refractivity contribution in [3.63, 3.8) is 0 Å². The third-order valence-electron chi connectivity index (χ3n) is 2.36. The lowest BCUT2D eigenvalue weighted by Gasteiger charge is -2.19. The first-order chi connectivity index (χ1) is 7.85. The number of rotatable bonds is 5. The van der Waals surface area contributed by atoms with Crippen molar-refractivity contribution in [3.05, 3.63) is 0 Å². The van der Waals surface area contributed by atoms with Gasteiger partial charge in [-0.05, 0) is 13.3 Å². The van der Waals surface area contributed by atoms with Gasteiger partial charge in [-0.25, -0.2) is 0 Å². The Hall–Kier alpha value is -0.910. The van der Waals surface area contributed by atoms with E-state index in [4.69, 9.17) is 0 Å². The molecule has 1 fully saturated rings. The van der Waals surface area contributed by atoms with E-state index in [0.29, 0.717) is 13.0 Å². The number of likely N-dealkylation sites (tertiary alicyclic amines) is 1. The van der Waals surface area contributed by atoms with Gasteiger partial charge in [-0.2, -0.15) is 0 Å². The van der Waals surface area contributed by atoms with Crippen LogP contribution in [0, 0.1) is 0 Å². The molecule has 0 aliphatic carbocycles. The average molecular weight is 264 g/mol. The van der Waals surface area contributed by atoms with E-state index >= 15 is 0 Å². The smallest absolute Gasteiger partial charge is 0.344 e. The molecule has 2 unspecified atom stereocenters. The Labute approximate surface area is 99.7 Å². The Balaban J connectivity index is 2.56. The predicted octanol–water partition coefficient (Wildman–Crippen LogP) is -0.0972. The lowest BCUT2D eigenvalue weighted by Crippen LogP contribution is -2.40. The topological polar surface area (TPSA) is 95.9 Å². The molecule has 0 bridgehead atoms.